The van der Waals surface area contributed by atoms with E-state index in [1.165, 1.54) is 12.1 Å². The van der Waals surface area contributed by atoms with Crippen LogP contribution >= 0.6 is 11.6 Å². The molecule has 3 aromatic carbocycles. The first-order valence-corrected chi connectivity index (χ1v) is 11.5. The normalized spacial score (nSPS) is 11.1. The first-order chi connectivity index (χ1) is 14.8. The number of benzene rings is 3. The smallest absolute Gasteiger partial charge is 0.264 e. The Balaban J connectivity index is 1.86. The predicted octanol–water partition coefficient (Wildman–Crippen LogP) is 4.88. The van der Waals surface area contributed by atoms with Gasteiger partial charge in [0.2, 0.25) is 5.91 Å². The fourth-order valence-corrected chi connectivity index (χ4v) is 4.44. The third-order valence-electron chi connectivity index (χ3n) is 4.46. The Labute approximate surface area is 187 Å². The Morgan fingerprint density at radius 2 is 1.58 bits per heavy atom. The SMILES string of the molecule is CCOc1ccc(NC(=O)CN(c2ccc(Cl)cc2)S(=O)(=O)c2ccc(C)cc2)cc1. The van der Waals surface area contributed by atoms with Gasteiger partial charge in [-0.1, -0.05) is 29.3 Å². The molecule has 0 spiro atoms. The van der Waals surface area contributed by atoms with Crippen molar-refractivity contribution in [2.45, 2.75) is 18.7 Å². The summed E-state index contributed by atoms with van der Waals surface area (Å²) in [5.41, 5.74) is 1.81. The van der Waals surface area contributed by atoms with Crippen LogP contribution in [0.3, 0.4) is 0 Å². The average Bonchev–Trinajstić information content (AvgIpc) is 2.75. The topological polar surface area (TPSA) is 75.7 Å². The van der Waals surface area contributed by atoms with Gasteiger partial charge in [-0.05, 0) is 74.5 Å². The van der Waals surface area contributed by atoms with Crippen LogP contribution in [0, 0.1) is 6.92 Å². The summed E-state index contributed by atoms with van der Waals surface area (Å²) in [7, 11) is -3.98. The van der Waals surface area contributed by atoms with Crippen molar-refractivity contribution in [1.82, 2.24) is 0 Å². The highest BCUT2D eigenvalue weighted by molar-refractivity contribution is 7.92. The van der Waals surface area contributed by atoms with Crippen molar-refractivity contribution in [3.05, 3.63) is 83.4 Å². The van der Waals surface area contributed by atoms with Gasteiger partial charge in [0.1, 0.15) is 12.3 Å². The summed E-state index contributed by atoms with van der Waals surface area (Å²) in [4.78, 5) is 12.8. The van der Waals surface area contributed by atoms with Crippen molar-refractivity contribution in [3.63, 3.8) is 0 Å². The number of nitrogens with zero attached hydrogens (tertiary/aromatic N) is 1. The molecule has 0 radical (unpaired) electrons. The van der Waals surface area contributed by atoms with Gasteiger partial charge in [-0.15, -0.1) is 0 Å². The van der Waals surface area contributed by atoms with E-state index in [0.29, 0.717) is 28.8 Å². The largest absolute Gasteiger partial charge is 0.494 e. The summed E-state index contributed by atoms with van der Waals surface area (Å²) < 4.78 is 33.1. The van der Waals surface area contributed by atoms with Crippen LogP contribution in [-0.2, 0) is 14.8 Å². The van der Waals surface area contributed by atoms with Crippen molar-refractivity contribution < 1.29 is 17.9 Å². The number of sulfonamides is 1. The van der Waals surface area contributed by atoms with Crippen LogP contribution in [0.2, 0.25) is 5.02 Å². The highest BCUT2D eigenvalue weighted by atomic mass is 35.5. The monoisotopic (exact) mass is 458 g/mol. The second-order valence-electron chi connectivity index (χ2n) is 6.81. The Kier molecular flexibility index (Phi) is 7.20. The summed E-state index contributed by atoms with van der Waals surface area (Å²) >= 11 is 5.96. The van der Waals surface area contributed by atoms with Crippen LogP contribution in [0.15, 0.2) is 77.7 Å². The van der Waals surface area contributed by atoms with Gasteiger partial charge in [-0.3, -0.25) is 9.10 Å². The Morgan fingerprint density at radius 1 is 0.968 bits per heavy atom. The number of rotatable bonds is 8. The molecule has 0 saturated heterocycles. The molecule has 3 aromatic rings. The summed E-state index contributed by atoms with van der Waals surface area (Å²) in [6.07, 6.45) is 0. The maximum atomic E-state index is 13.3. The Morgan fingerprint density at radius 3 is 2.16 bits per heavy atom. The van der Waals surface area contributed by atoms with Crippen molar-refractivity contribution in [2.75, 3.05) is 22.8 Å². The standard InChI is InChI=1S/C23H23ClN2O4S/c1-3-30-21-12-8-19(9-13-21)25-23(27)16-26(20-10-6-18(24)7-11-20)31(28,29)22-14-4-17(2)5-15-22/h4-15H,3,16H2,1-2H3,(H,25,27). The summed E-state index contributed by atoms with van der Waals surface area (Å²) in [5, 5.41) is 3.20. The molecule has 0 fully saturated rings. The van der Waals surface area contributed by atoms with Gasteiger partial charge in [0, 0.05) is 10.7 Å². The second-order valence-corrected chi connectivity index (χ2v) is 9.11. The predicted molar refractivity (Wildman–Crippen MR) is 123 cm³/mol. The van der Waals surface area contributed by atoms with Crippen molar-refractivity contribution in [2.24, 2.45) is 0 Å². The van der Waals surface area contributed by atoms with E-state index in [2.05, 4.69) is 5.32 Å². The van der Waals surface area contributed by atoms with E-state index < -0.39 is 22.5 Å². The number of amides is 1. The lowest BCUT2D eigenvalue weighted by Crippen LogP contribution is -2.38. The van der Waals surface area contributed by atoms with E-state index in [1.54, 1.807) is 60.7 Å². The molecule has 0 aliphatic heterocycles. The maximum Gasteiger partial charge on any atom is 0.264 e. The average molecular weight is 459 g/mol. The molecule has 31 heavy (non-hydrogen) atoms. The number of carbonyl (C=O) groups is 1. The van der Waals surface area contributed by atoms with Crippen LogP contribution in [0.4, 0.5) is 11.4 Å². The molecule has 8 heteroatoms. The number of hydrogen-bond acceptors (Lipinski definition) is 4. The molecule has 6 nitrogen and oxygen atoms in total. The third-order valence-corrected chi connectivity index (χ3v) is 6.50. The molecule has 0 unspecified atom stereocenters. The Hall–Kier alpha value is -3.03. The van der Waals surface area contributed by atoms with Gasteiger partial charge < -0.3 is 10.1 Å². The number of halogens is 1. The number of aryl methyl sites for hydroxylation is 1. The van der Waals surface area contributed by atoms with Crippen molar-refractivity contribution in [3.8, 4) is 5.75 Å². The molecule has 0 saturated carbocycles. The molecule has 1 N–H and O–H groups in total. The lowest BCUT2D eigenvalue weighted by molar-refractivity contribution is -0.114. The second kappa shape index (κ2) is 9.85. The van der Waals surface area contributed by atoms with E-state index >= 15 is 0 Å². The quantitative estimate of drug-likeness (QED) is 0.522. The first-order valence-electron chi connectivity index (χ1n) is 9.67. The van der Waals surface area contributed by atoms with Gasteiger partial charge in [-0.2, -0.15) is 0 Å². The molecule has 0 aliphatic carbocycles. The van der Waals surface area contributed by atoms with Gasteiger partial charge in [-0.25, -0.2) is 8.42 Å². The molecule has 3 rings (SSSR count). The molecule has 0 aromatic heterocycles. The number of hydrogen-bond donors (Lipinski definition) is 1. The zero-order valence-electron chi connectivity index (χ0n) is 17.2. The van der Waals surface area contributed by atoms with Crippen LogP contribution in [0.25, 0.3) is 0 Å². The molecule has 0 bridgehead atoms. The van der Waals surface area contributed by atoms with Crippen LogP contribution < -0.4 is 14.4 Å². The van der Waals surface area contributed by atoms with Crippen LogP contribution in [0.5, 0.6) is 5.75 Å². The van der Waals surface area contributed by atoms with E-state index in [-0.39, 0.29) is 4.90 Å². The lowest BCUT2D eigenvalue weighted by atomic mass is 10.2. The van der Waals surface area contributed by atoms with E-state index in [4.69, 9.17) is 16.3 Å². The van der Waals surface area contributed by atoms with Gasteiger partial charge in [0.05, 0.1) is 17.2 Å². The van der Waals surface area contributed by atoms with Crippen molar-refractivity contribution in [1.29, 1.82) is 0 Å². The maximum absolute atomic E-state index is 13.3. The molecule has 162 valence electrons. The lowest BCUT2D eigenvalue weighted by Gasteiger charge is -2.24. The minimum absolute atomic E-state index is 0.0990. The van der Waals surface area contributed by atoms with E-state index in [1.807, 2.05) is 13.8 Å². The highest BCUT2D eigenvalue weighted by Crippen LogP contribution is 2.26. The van der Waals surface area contributed by atoms with Crippen LogP contribution in [-0.4, -0.2) is 27.5 Å². The molecular weight excluding hydrogens is 436 g/mol. The number of ether oxygens (including phenoxy) is 1. The van der Waals surface area contributed by atoms with Gasteiger partial charge >= 0.3 is 0 Å². The number of carbonyl (C=O) groups excluding carboxylic acids is 1. The summed E-state index contributed by atoms with van der Waals surface area (Å²) in [5.74, 6) is 0.208. The van der Waals surface area contributed by atoms with Gasteiger partial charge in [0.15, 0.2) is 0 Å². The zero-order valence-corrected chi connectivity index (χ0v) is 18.8. The minimum Gasteiger partial charge on any atom is -0.494 e. The fourth-order valence-electron chi connectivity index (χ4n) is 2.89. The highest BCUT2D eigenvalue weighted by Gasteiger charge is 2.27. The minimum atomic E-state index is -3.98. The third kappa shape index (κ3) is 5.77. The first kappa shape index (κ1) is 22.7. The molecular formula is C23H23ClN2O4S. The Bertz CT molecular complexity index is 1130. The zero-order chi connectivity index (χ0) is 22.4. The van der Waals surface area contributed by atoms with E-state index in [0.717, 1.165) is 9.87 Å². The fraction of sp³-hybridized carbons (Fsp3) is 0.174. The molecule has 0 atom stereocenters. The van der Waals surface area contributed by atoms with Crippen molar-refractivity contribution >= 4 is 38.9 Å². The summed E-state index contributed by atoms with van der Waals surface area (Å²) in [6, 6.07) is 19.6. The summed E-state index contributed by atoms with van der Waals surface area (Å²) in [6.45, 7) is 3.90. The number of anilines is 2. The molecule has 0 aliphatic rings. The molecule has 0 heterocycles. The van der Waals surface area contributed by atoms with Gasteiger partial charge in [0.25, 0.3) is 10.0 Å². The number of nitrogens with one attached hydrogen (secondary N) is 1. The van der Waals surface area contributed by atoms with Crippen LogP contribution in [0.1, 0.15) is 12.5 Å². The van der Waals surface area contributed by atoms with E-state index in [9.17, 15) is 13.2 Å². The molecule has 1 amide bonds.